The number of hydrogen-bond acceptors (Lipinski definition) is 4. The van der Waals surface area contributed by atoms with Crippen molar-refractivity contribution in [3.8, 4) is 5.75 Å². The summed E-state index contributed by atoms with van der Waals surface area (Å²) in [6, 6.07) is 11.6. The lowest BCUT2D eigenvalue weighted by Gasteiger charge is -2.06. The summed E-state index contributed by atoms with van der Waals surface area (Å²) in [5, 5.41) is 8.04. The molecule has 6 heteroatoms. The van der Waals surface area contributed by atoms with Crippen molar-refractivity contribution in [2.45, 2.75) is 6.92 Å². The monoisotopic (exact) mass is 302 g/mol. The second kappa shape index (κ2) is 6.01. The fourth-order valence-corrected chi connectivity index (χ4v) is 2.13. The zero-order chi connectivity index (χ0) is 14.7. The Hall–Kier alpha value is -2.27. The number of halogens is 1. The van der Waals surface area contributed by atoms with Crippen LogP contribution in [0.1, 0.15) is 5.56 Å². The van der Waals surface area contributed by atoms with Crippen molar-refractivity contribution in [1.29, 1.82) is 0 Å². The van der Waals surface area contributed by atoms with Gasteiger partial charge in [-0.3, -0.25) is 0 Å². The zero-order valence-electron chi connectivity index (χ0n) is 11.6. The van der Waals surface area contributed by atoms with Gasteiger partial charge in [0.2, 0.25) is 5.95 Å². The molecule has 0 amide bonds. The Kier molecular flexibility index (Phi) is 3.92. The molecule has 0 atom stereocenters. The van der Waals surface area contributed by atoms with Gasteiger partial charge < -0.3 is 10.1 Å². The van der Waals surface area contributed by atoms with Crippen LogP contribution < -0.4 is 10.1 Å². The topological polar surface area (TPSA) is 51.5 Å². The lowest BCUT2D eigenvalue weighted by atomic mass is 10.2. The number of rotatable bonds is 5. The summed E-state index contributed by atoms with van der Waals surface area (Å²) in [6.45, 7) is 3.20. The Bertz CT molecular complexity index is 756. The summed E-state index contributed by atoms with van der Waals surface area (Å²) in [4.78, 5) is 4.34. The van der Waals surface area contributed by atoms with Crippen molar-refractivity contribution in [3.05, 3.63) is 53.2 Å². The summed E-state index contributed by atoms with van der Waals surface area (Å²) >= 11 is 5.91. The lowest BCUT2D eigenvalue weighted by molar-refractivity contribution is 0.332. The van der Waals surface area contributed by atoms with Gasteiger partial charge in [-0.2, -0.15) is 4.98 Å². The van der Waals surface area contributed by atoms with E-state index in [1.807, 2.05) is 37.3 Å². The standard InChI is InChI=1S/C15H15ClN4O/c1-11-3-2-4-13(9-11)21-8-7-17-15-18-14-6-5-12(16)10-20(14)19-15/h2-6,9-10H,7-8H2,1H3,(H,17,19). The summed E-state index contributed by atoms with van der Waals surface area (Å²) in [6.07, 6.45) is 1.72. The average Bonchev–Trinajstić information content (AvgIpc) is 2.85. The SMILES string of the molecule is Cc1cccc(OCCNc2nc3ccc(Cl)cn3n2)c1. The smallest absolute Gasteiger partial charge is 0.243 e. The van der Waals surface area contributed by atoms with Crippen molar-refractivity contribution in [2.24, 2.45) is 0 Å². The molecule has 0 fully saturated rings. The van der Waals surface area contributed by atoms with E-state index in [4.69, 9.17) is 16.3 Å². The van der Waals surface area contributed by atoms with E-state index < -0.39 is 0 Å². The van der Waals surface area contributed by atoms with Crippen molar-refractivity contribution in [1.82, 2.24) is 14.6 Å². The van der Waals surface area contributed by atoms with Gasteiger partial charge in [0, 0.05) is 6.20 Å². The van der Waals surface area contributed by atoms with E-state index in [1.165, 1.54) is 5.56 Å². The minimum absolute atomic E-state index is 0.541. The molecule has 0 aliphatic heterocycles. The number of aryl methyl sites for hydroxylation is 1. The van der Waals surface area contributed by atoms with E-state index in [9.17, 15) is 0 Å². The lowest BCUT2D eigenvalue weighted by Crippen LogP contribution is -2.12. The Balaban J connectivity index is 1.54. The zero-order valence-corrected chi connectivity index (χ0v) is 12.3. The number of anilines is 1. The Labute approximate surface area is 127 Å². The molecular formula is C15H15ClN4O. The van der Waals surface area contributed by atoms with Crippen LogP contribution in [0, 0.1) is 6.92 Å². The second-order valence-electron chi connectivity index (χ2n) is 4.68. The number of aromatic nitrogens is 3. The molecule has 2 aromatic heterocycles. The number of nitrogens with zero attached hydrogens (tertiary/aromatic N) is 3. The van der Waals surface area contributed by atoms with E-state index in [0.29, 0.717) is 24.1 Å². The molecule has 3 aromatic rings. The summed E-state index contributed by atoms with van der Waals surface area (Å²) < 4.78 is 7.30. The van der Waals surface area contributed by atoms with E-state index in [0.717, 1.165) is 11.4 Å². The van der Waals surface area contributed by atoms with Crippen LogP contribution in [0.5, 0.6) is 5.75 Å². The Morgan fingerprint density at radius 3 is 3.05 bits per heavy atom. The summed E-state index contributed by atoms with van der Waals surface area (Å²) in [7, 11) is 0. The van der Waals surface area contributed by atoms with Crippen LogP contribution in [0.25, 0.3) is 5.65 Å². The van der Waals surface area contributed by atoms with Crippen molar-refractivity contribution < 1.29 is 4.74 Å². The first-order valence-electron chi connectivity index (χ1n) is 6.66. The maximum absolute atomic E-state index is 5.91. The summed E-state index contributed by atoms with van der Waals surface area (Å²) in [5.41, 5.74) is 1.93. The maximum atomic E-state index is 5.91. The average molecular weight is 303 g/mol. The first-order chi connectivity index (χ1) is 10.2. The molecule has 2 heterocycles. The van der Waals surface area contributed by atoms with Gasteiger partial charge >= 0.3 is 0 Å². The van der Waals surface area contributed by atoms with Gasteiger partial charge in [-0.15, -0.1) is 5.10 Å². The first kappa shape index (κ1) is 13.7. The van der Waals surface area contributed by atoms with E-state index in [1.54, 1.807) is 16.8 Å². The molecule has 0 bridgehead atoms. The molecule has 0 aliphatic carbocycles. The van der Waals surface area contributed by atoms with Gasteiger partial charge in [0.1, 0.15) is 12.4 Å². The molecule has 1 aromatic carbocycles. The number of ether oxygens (including phenoxy) is 1. The number of nitrogens with one attached hydrogen (secondary N) is 1. The molecule has 5 nitrogen and oxygen atoms in total. The van der Waals surface area contributed by atoms with Gasteiger partial charge in [-0.1, -0.05) is 23.7 Å². The van der Waals surface area contributed by atoms with Crippen LogP contribution >= 0.6 is 11.6 Å². The molecule has 0 aliphatic rings. The fraction of sp³-hybridized carbons (Fsp3) is 0.200. The number of benzene rings is 1. The first-order valence-corrected chi connectivity index (χ1v) is 7.04. The molecule has 0 unspecified atom stereocenters. The third-order valence-corrected chi connectivity index (χ3v) is 3.16. The predicted molar refractivity (Wildman–Crippen MR) is 83.2 cm³/mol. The van der Waals surface area contributed by atoms with Gasteiger partial charge in [0.05, 0.1) is 11.6 Å². The highest BCUT2D eigenvalue weighted by Gasteiger charge is 2.03. The van der Waals surface area contributed by atoms with Gasteiger partial charge in [-0.25, -0.2) is 4.52 Å². The largest absolute Gasteiger partial charge is 0.492 e. The molecule has 0 spiro atoms. The fourth-order valence-electron chi connectivity index (χ4n) is 1.97. The van der Waals surface area contributed by atoms with E-state index >= 15 is 0 Å². The van der Waals surface area contributed by atoms with Crippen LogP contribution in [0.15, 0.2) is 42.6 Å². The van der Waals surface area contributed by atoms with Crippen LogP contribution in [0.4, 0.5) is 5.95 Å². The van der Waals surface area contributed by atoms with Crippen LogP contribution in [0.3, 0.4) is 0 Å². The molecular weight excluding hydrogens is 288 g/mol. The third-order valence-electron chi connectivity index (χ3n) is 2.94. The van der Waals surface area contributed by atoms with Gasteiger partial charge in [0.15, 0.2) is 5.65 Å². The highest BCUT2D eigenvalue weighted by atomic mass is 35.5. The highest BCUT2D eigenvalue weighted by molar-refractivity contribution is 6.30. The molecule has 0 radical (unpaired) electrons. The number of pyridine rings is 1. The van der Waals surface area contributed by atoms with Crippen molar-refractivity contribution in [3.63, 3.8) is 0 Å². The Morgan fingerprint density at radius 1 is 1.29 bits per heavy atom. The normalized spacial score (nSPS) is 10.8. The molecule has 108 valence electrons. The second-order valence-corrected chi connectivity index (χ2v) is 5.11. The summed E-state index contributed by atoms with van der Waals surface area (Å²) in [5.74, 6) is 1.43. The molecule has 3 rings (SSSR count). The maximum Gasteiger partial charge on any atom is 0.243 e. The minimum Gasteiger partial charge on any atom is -0.492 e. The molecule has 0 saturated carbocycles. The van der Waals surface area contributed by atoms with Crippen LogP contribution in [0.2, 0.25) is 5.02 Å². The minimum atomic E-state index is 0.541. The third kappa shape index (κ3) is 3.44. The van der Waals surface area contributed by atoms with Gasteiger partial charge in [0.25, 0.3) is 0 Å². The van der Waals surface area contributed by atoms with Crippen molar-refractivity contribution in [2.75, 3.05) is 18.5 Å². The van der Waals surface area contributed by atoms with E-state index in [-0.39, 0.29) is 0 Å². The van der Waals surface area contributed by atoms with Crippen LogP contribution in [-0.2, 0) is 0 Å². The number of fused-ring (bicyclic) bond motifs is 1. The molecule has 0 saturated heterocycles. The van der Waals surface area contributed by atoms with E-state index in [2.05, 4.69) is 15.4 Å². The predicted octanol–water partition coefficient (Wildman–Crippen LogP) is 3.18. The van der Waals surface area contributed by atoms with Crippen LogP contribution in [-0.4, -0.2) is 27.7 Å². The Morgan fingerprint density at radius 2 is 2.19 bits per heavy atom. The molecule has 21 heavy (non-hydrogen) atoms. The highest BCUT2D eigenvalue weighted by Crippen LogP contribution is 2.13. The quantitative estimate of drug-likeness (QED) is 0.736. The van der Waals surface area contributed by atoms with Crippen molar-refractivity contribution >= 4 is 23.2 Å². The molecule has 1 N–H and O–H groups in total. The van der Waals surface area contributed by atoms with Gasteiger partial charge in [-0.05, 0) is 36.8 Å². The number of hydrogen-bond donors (Lipinski definition) is 1.